The molecule has 1 aliphatic rings. The summed E-state index contributed by atoms with van der Waals surface area (Å²) in [6.07, 6.45) is 2.49. The summed E-state index contributed by atoms with van der Waals surface area (Å²) < 4.78 is 41.8. The van der Waals surface area contributed by atoms with Crippen molar-refractivity contribution in [1.29, 1.82) is 0 Å². The van der Waals surface area contributed by atoms with Crippen LogP contribution in [0.25, 0.3) is 10.9 Å². The van der Waals surface area contributed by atoms with Gasteiger partial charge in [0.2, 0.25) is 10.0 Å². The normalized spacial score (nSPS) is 16.5. The second-order valence-electron chi connectivity index (χ2n) is 6.99. The maximum atomic E-state index is 13.5. The zero-order chi connectivity index (χ0) is 19.7. The molecule has 1 aromatic heterocycles. The third-order valence-corrected chi connectivity index (χ3v) is 7.00. The first kappa shape index (κ1) is 18.8. The quantitative estimate of drug-likeness (QED) is 0.674. The third-order valence-electron chi connectivity index (χ3n) is 5.15. The lowest BCUT2D eigenvalue weighted by molar-refractivity contribution is 0.269. The third kappa shape index (κ3) is 3.70. The predicted molar refractivity (Wildman–Crippen MR) is 105 cm³/mol. The molecule has 28 heavy (non-hydrogen) atoms. The molecule has 0 N–H and O–H groups in total. The molecule has 0 aliphatic carbocycles. The highest BCUT2D eigenvalue weighted by molar-refractivity contribution is 7.88. The van der Waals surface area contributed by atoms with E-state index >= 15 is 0 Å². The van der Waals surface area contributed by atoms with Gasteiger partial charge >= 0.3 is 0 Å². The molecule has 146 valence electrons. The lowest BCUT2D eigenvalue weighted by Crippen LogP contribution is -2.41. The minimum absolute atomic E-state index is 0.0325. The largest absolute Gasteiger partial charge is 0.296 e. The molecule has 1 fully saturated rings. The average molecular weight is 401 g/mol. The number of hydrogen-bond donors (Lipinski definition) is 0. The summed E-state index contributed by atoms with van der Waals surface area (Å²) in [5, 5.41) is 0.238. The van der Waals surface area contributed by atoms with E-state index < -0.39 is 15.8 Å². The molecule has 0 amide bonds. The topological polar surface area (TPSA) is 72.3 Å². The maximum Gasteiger partial charge on any atom is 0.261 e. The summed E-state index contributed by atoms with van der Waals surface area (Å²) in [4.78, 5) is 17.0. The van der Waals surface area contributed by atoms with E-state index in [-0.39, 0.29) is 22.7 Å². The van der Waals surface area contributed by atoms with Crippen LogP contribution in [0.3, 0.4) is 0 Å². The highest BCUT2D eigenvalue weighted by Gasteiger charge is 2.29. The second-order valence-corrected chi connectivity index (χ2v) is 8.96. The van der Waals surface area contributed by atoms with Gasteiger partial charge in [-0.05, 0) is 36.6 Å². The zero-order valence-electron chi connectivity index (χ0n) is 15.2. The molecule has 2 aromatic carbocycles. The number of fused-ring (bicyclic) bond motifs is 1. The van der Waals surface area contributed by atoms with Gasteiger partial charge in [-0.3, -0.25) is 9.36 Å². The van der Waals surface area contributed by atoms with Gasteiger partial charge in [-0.1, -0.05) is 30.3 Å². The Bertz CT molecular complexity index is 1150. The van der Waals surface area contributed by atoms with Crippen molar-refractivity contribution in [3.05, 3.63) is 76.6 Å². The molecule has 1 saturated heterocycles. The van der Waals surface area contributed by atoms with Gasteiger partial charge in [0.1, 0.15) is 5.82 Å². The molecule has 8 heteroatoms. The molecular formula is C20H20FN3O3S. The van der Waals surface area contributed by atoms with Crippen LogP contribution in [0, 0.1) is 5.82 Å². The van der Waals surface area contributed by atoms with Crippen LogP contribution in [-0.2, 0) is 15.8 Å². The maximum absolute atomic E-state index is 13.5. The van der Waals surface area contributed by atoms with E-state index in [1.807, 2.05) is 18.2 Å². The minimum atomic E-state index is -3.41. The molecule has 3 aromatic rings. The molecule has 0 spiro atoms. The number of aromatic nitrogens is 2. The Balaban J connectivity index is 1.51. The first-order chi connectivity index (χ1) is 13.4. The molecule has 0 unspecified atom stereocenters. The van der Waals surface area contributed by atoms with Crippen molar-refractivity contribution in [2.75, 3.05) is 13.1 Å². The molecule has 0 bridgehead atoms. The average Bonchev–Trinajstić information content (AvgIpc) is 2.69. The van der Waals surface area contributed by atoms with Crippen molar-refractivity contribution in [3.8, 4) is 0 Å². The van der Waals surface area contributed by atoms with Gasteiger partial charge in [0.25, 0.3) is 5.56 Å². The molecule has 4 rings (SSSR count). The summed E-state index contributed by atoms with van der Waals surface area (Å²) in [7, 11) is -3.41. The standard InChI is InChI=1S/C20H20FN3O3S/c21-16-6-7-19-18(12-16)20(25)24(14-22-19)17-8-10-23(11-9-17)28(26,27)13-15-4-2-1-3-5-15/h1-7,12,14,17H,8-11,13H2. The molecular weight excluding hydrogens is 381 g/mol. The van der Waals surface area contributed by atoms with Crippen molar-refractivity contribution in [1.82, 2.24) is 13.9 Å². The van der Waals surface area contributed by atoms with E-state index in [1.54, 1.807) is 12.1 Å². The van der Waals surface area contributed by atoms with Gasteiger partial charge in [0, 0.05) is 19.1 Å². The van der Waals surface area contributed by atoms with E-state index in [1.165, 1.54) is 33.4 Å². The number of hydrogen-bond acceptors (Lipinski definition) is 4. The fourth-order valence-corrected chi connectivity index (χ4v) is 5.21. The first-order valence-corrected chi connectivity index (χ1v) is 10.7. The molecule has 1 aliphatic heterocycles. The second kappa shape index (κ2) is 7.44. The SMILES string of the molecule is O=c1c2cc(F)ccc2ncn1C1CCN(S(=O)(=O)Cc2ccccc2)CC1. The molecule has 0 radical (unpaired) electrons. The summed E-state index contributed by atoms with van der Waals surface area (Å²) in [6.45, 7) is 0.681. The van der Waals surface area contributed by atoms with Crippen molar-refractivity contribution in [3.63, 3.8) is 0 Å². The summed E-state index contributed by atoms with van der Waals surface area (Å²) in [5.74, 6) is -0.513. The van der Waals surface area contributed by atoms with Crippen molar-refractivity contribution in [2.45, 2.75) is 24.6 Å². The minimum Gasteiger partial charge on any atom is -0.296 e. The number of sulfonamides is 1. The number of rotatable bonds is 4. The van der Waals surface area contributed by atoms with Gasteiger partial charge in [-0.2, -0.15) is 0 Å². The smallest absolute Gasteiger partial charge is 0.261 e. The molecule has 2 heterocycles. The fourth-order valence-electron chi connectivity index (χ4n) is 3.64. The number of halogens is 1. The van der Waals surface area contributed by atoms with Gasteiger partial charge in [-0.25, -0.2) is 22.1 Å². The Labute approximate surface area is 162 Å². The number of nitrogens with zero attached hydrogens (tertiary/aromatic N) is 3. The zero-order valence-corrected chi connectivity index (χ0v) is 16.0. The van der Waals surface area contributed by atoms with Crippen LogP contribution >= 0.6 is 0 Å². The Kier molecular flexibility index (Phi) is 4.99. The van der Waals surface area contributed by atoms with Gasteiger partial charge < -0.3 is 0 Å². The van der Waals surface area contributed by atoms with Crippen LogP contribution < -0.4 is 5.56 Å². The van der Waals surface area contributed by atoms with Crippen LogP contribution in [-0.4, -0.2) is 35.4 Å². The van der Waals surface area contributed by atoms with E-state index in [4.69, 9.17) is 0 Å². The van der Waals surface area contributed by atoms with E-state index in [0.717, 1.165) is 5.56 Å². The number of benzene rings is 2. The van der Waals surface area contributed by atoms with Gasteiger partial charge in [-0.15, -0.1) is 0 Å². The van der Waals surface area contributed by atoms with Crippen LogP contribution in [0.1, 0.15) is 24.4 Å². The van der Waals surface area contributed by atoms with Crippen LogP contribution in [0.5, 0.6) is 0 Å². The summed E-state index contributed by atoms with van der Waals surface area (Å²) >= 11 is 0. The monoisotopic (exact) mass is 401 g/mol. The summed E-state index contributed by atoms with van der Waals surface area (Å²) in [6, 6.07) is 12.9. The summed E-state index contributed by atoms with van der Waals surface area (Å²) in [5.41, 5.74) is 0.905. The van der Waals surface area contributed by atoms with Crippen molar-refractivity contribution < 1.29 is 12.8 Å². The van der Waals surface area contributed by atoms with E-state index in [2.05, 4.69) is 4.98 Å². The Hall–Kier alpha value is -2.58. The van der Waals surface area contributed by atoms with Crippen LogP contribution in [0.15, 0.2) is 59.7 Å². The first-order valence-electron chi connectivity index (χ1n) is 9.12. The lowest BCUT2D eigenvalue weighted by Gasteiger charge is -2.32. The fraction of sp³-hybridized carbons (Fsp3) is 0.300. The number of piperidine rings is 1. The predicted octanol–water partition coefficient (Wildman–Crippen LogP) is 2.70. The lowest BCUT2D eigenvalue weighted by atomic mass is 10.1. The Morgan fingerprint density at radius 2 is 1.79 bits per heavy atom. The van der Waals surface area contributed by atoms with Gasteiger partial charge in [0.15, 0.2) is 0 Å². The Morgan fingerprint density at radius 3 is 2.50 bits per heavy atom. The molecule has 0 saturated carbocycles. The molecule has 0 atom stereocenters. The van der Waals surface area contributed by atoms with Crippen LogP contribution in [0.4, 0.5) is 4.39 Å². The van der Waals surface area contributed by atoms with E-state index in [0.29, 0.717) is 31.4 Å². The Morgan fingerprint density at radius 1 is 1.07 bits per heavy atom. The van der Waals surface area contributed by atoms with Gasteiger partial charge in [0.05, 0.1) is 23.0 Å². The highest BCUT2D eigenvalue weighted by Crippen LogP contribution is 2.25. The van der Waals surface area contributed by atoms with Crippen molar-refractivity contribution >= 4 is 20.9 Å². The van der Waals surface area contributed by atoms with Crippen molar-refractivity contribution in [2.24, 2.45) is 0 Å². The van der Waals surface area contributed by atoms with E-state index in [9.17, 15) is 17.6 Å². The molecule has 6 nitrogen and oxygen atoms in total. The van der Waals surface area contributed by atoms with Crippen LogP contribution in [0.2, 0.25) is 0 Å². The highest BCUT2D eigenvalue weighted by atomic mass is 32.2.